The lowest BCUT2D eigenvalue weighted by Gasteiger charge is -2.20. The van der Waals surface area contributed by atoms with Gasteiger partial charge in [-0.3, -0.25) is 10.1 Å². The van der Waals surface area contributed by atoms with Gasteiger partial charge in [-0.25, -0.2) is 0 Å². The fourth-order valence-electron chi connectivity index (χ4n) is 2.69. The second-order valence-corrected chi connectivity index (χ2v) is 6.89. The van der Waals surface area contributed by atoms with Crippen molar-refractivity contribution in [2.45, 2.75) is 44.0 Å². The molecule has 1 aliphatic rings. The van der Waals surface area contributed by atoms with E-state index in [0.29, 0.717) is 28.4 Å². The van der Waals surface area contributed by atoms with E-state index < -0.39 is 0 Å². The molecule has 1 saturated carbocycles. The van der Waals surface area contributed by atoms with Crippen LogP contribution in [0.1, 0.15) is 31.7 Å². The van der Waals surface area contributed by atoms with E-state index in [2.05, 4.69) is 12.2 Å². The summed E-state index contributed by atoms with van der Waals surface area (Å²) in [5.74, 6) is 1.11. The third-order valence-corrected chi connectivity index (χ3v) is 5.19. The Morgan fingerprint density at radius 1 is 1.50 bits per heavy atom. The topological polar surface area (TPSA) is 55.2 Å². The van der Waals surface area contributed by atoms with Crippen LogP contribution >= 0.6 is 23.4 Å². The molecule has 1 N–H and O–H groups in total. The summed E-state index contributed by atoms with van der Waals surface area (Å²) in [6.45, 7) is 2.67. The van der Waals surface area contributed by atoms with Crippen molar-refractivity contribution in [3.63, 3.8) is 0 Å². The van der Waals surface area contributed by atoms with Crippen LogP contribution in [0.15, 0.2) is 18.2 Å². The summed E-state index contributed by atoms with van der Waals surface area (Å²) in [4.78, 5) is 10.7. The van der Waals surface area contributed by atoms with Crippen molar-refractivity contribution in [1.29, 1.82) is 0 Å². The van der Waals surface area contributed by atoms with Crippen molar-refractivity contribution < 1.29 is 4.92 Å². The van der Waals surface area contributed by atoms with Gasteiger partial charge < -0.3 is 5.32 Å². The van der Waals surface area contributed by atoms with E-state index >= 15 is 0 Å². The summed E-state index contributed by atoms with van der Waals surface area (Å²) < 4.78 is 0. The van der Waals surface area contributed by atoms with E-state index in [4.69, 9.17) is 11.6 Å². The zero-order valence-corrected chi connectivity index (χ0v) is 13.0. The average molecular weight is 315 g/mol. The maximum atomic E-state index is 11.0. The van der Waals surface area contributed by atoms with E-state index in [1.165, 1.54) is 18.9 Å². The van der Waals surface area contributed by atoms with Crippen molar-refractivity contribution in [2.75, 3.05) is 5.75 Å². The minimum atomic E-state index is -0.347. The predicted molar refractivity (Wildman–Crippen MR) is 84.5 cm³/mol. The second kappa shape index (κ2) is 7.29. The Balaban J connectivity index is 2.03. The number of nitrogens with one attached hydrogen (secondary N) is 1. The van der Waals surface area contributed by atoms with Crippen LogP contribution in [0.5, 0.6) is 0 Å². The zero-order chi connectivity index (χ0) is 14.5. The molecule has 4 nitrogen and oxygen atoms in total. The molecule has 0 aliphatic heterocycles. The molecule has 0 spiro atoms. The first kappa shape index (κ1) is 15.6. The molecule has 0 aromatic heterocycles. The molecule has 1 aliphatic carbocycles. The second-order valence-electron chi connectivity index (χ2n) is 4.94. The molecule has 0 heterocycles. The molecular weight excluding hydrogens is 296 g/mol. The molecule has 2 atom stereocenters. The van der Waals surface area contributed by atoms with E-state index in [1.54, 1.807) is 12.1 Å². The van der Waals surface area contributed by atoms with Crippen LogP contribution in [0, 0.1) is 10.1 Å². The van der Waals surface area contributed by atoms with Crippen LogP contribution in [-0.4, -0.2) is 22.0 Å². The van der Waals surface area contributed by atoms with Crippen molar-refractivity contribution in [2.24, 2.45) is 0 Å². The van der Waals surface area contributed by atoms with Crippen molar-refractivity contribution in [3.8, 4) is 0 Å². The van der Waals surface area contributed by atoms with Crippen molar-refractivity contribution in [1.82, 2.24) is 5.32 Å². The summed E-state index contributed by atoms with van der Waals surface area (Å²) in [6, 6.07) is 5.17. The van der Waals surface area contributed by atoms with Gasteiger partial charge in [0.05, 0.1) is 4.92 Å². The molecule has 0 saturated heterocycles. The van der Waals surface area contributed by atoms with Crippen LogP contribution in [-0.2, 0) is 6.54 Å². The van der Waals surface area contributed by atoms with Gasteiger partial charge in [-0.1, -0.05) is 24.9 Å². The summed E-state index contributed by atoms with van der Waals surface area (Å²) in [6.07, 6.45) is 3.60. The van der Waals surface area contributed by atoms with Crippen molar-refractivity contribution >= 4 is 29.1 Å². The predicted octanol–water partition coefficient (Wildman–Crippen LogP) is 4.01. The lowest BCUT2D eigenvalue weighted by atomic mass is 10.1. The first-order chi connectivity index (χ1) is 9.61. The first-order valence-corrected chi connectivity index (χ1v) is 8.32. The Kier molecular flexibility index (Phi) is 5.69. The lowest BCUT2D eigenvalue weighted by molar-refractivity contribution is -0.385. The summed E-state index contributed by atoms with van der Waals surface area (Å²) in [5, 5.41) is 15.7. The maximum Gasteiger partial charge on any atom is 0.273 e. The molecule has 1 aromatic carbocycles. The minimum Gasteiger partial charge on any atom is -0.309 e. The number of hydrogen-bond donors (Lipinski definition) is 1. The number of halogens is 1. The highest BCUT2D eigenvalue weighted by Gasteiger charge is 2.27. The van der Waals surface area contributed by atoms with Crippen LogP contribution in [0.3, 0.4) is 0 Å². The molecule has 2 rings (SSSR count). The zero-order valence-electron chi connectivity index (χ0n) is 11.5. The molecule has 20 heavy (non-hydrogen) atoms. The highest BCUT2D eigenvalue weighted by molar-refractivity contribution is 7.99. The third kappa shape index (κ3) is 3.87. The number of benzene rings is 1. The van der Waals surface area contributed by atoms with Crippen LogP contribution in [0.2, 0.25) is 5.02 Å². The highest BCUT2D eigenvalue weighted by Crippen LogP contribution is 2.30. The van der Waals surface area contributed by atoms with Gasteiger partial charge in [0, 0.05) is 34.5 Å². The third-order valence-electron chi connectivity index (χ3n) is 3.63. The lowest BCUT2D eigenvalue weighted by Crippen LogP contribution is -2.33. The van der Waals surface area contributed by atoms with Crippen LogP contribution in [0.25, 0.3) is 0 Å². The van der Waals surface area contributed by atoms with Crippen LogP contribution in [0.4, 0.5) is 5.69 Å². The quantitative estimate of drug-likeness (QED) is 0.636. The highest BCUT2D eigenvalue weighted by atomic mass is 35.5. The summed E-state index contributed by atoms with van der Waals surface area (Å²) in [7, 11) is 0. The Labute approximate surface area is 128 Å². The molecule has 1 aromatic rings. The number of thioether (sulfide) groups is 1. The van der Waals surface area contributed by atoms with E-state index in [1.807, 2.05) is 11.8 Å². The molecule has 0 bridgehead atoms. The Morgan fingerprint density at radius 2 is 2.30 bits per heavy atom. The van der Waals surface area contributed by atoms with Gasteiger partial charge >= 0.3 is 0 Å². The number of rotatable bonds is 6. The Bertz CT molecular complexity index is 484. The fraction of sp³-hybridized carbons (Fsp3) is 0.571. The van der Waals surface area contributed by atoms with Gasteiger partial charge in [0.15, 0.2) is 0 Å². The smallest absolute Gasteiger partial charge is 0.273 e. The Hall–Kier alpha value is -0.780. The Morgan fingerprint density at radius 3 is 3.00 bits per heavy atom. The van der Waals surface area contributed by atoms with E-state index in [-0.39, 0.29) is 10.6 Å². The standard InChI is InChI=1S/C14H19ClN2O2S/c1-2-20-14-5-3-4-12(14)16-9-10-8-11(15)6-7-13(10)17(18)19/h6-8,12,14,16H,2-5,9H2,1H3. The largest absolute Gasteiger partial charge is 0.309 e. The first-order valence-electron chi connectivity index (χ1n) is 6.89. The van der Waals surface area contributed by atoms with Gasteiger partial charge in [0.2, 0.25) is 0 Å². The van der Waals surface area contributed by atoms with Gasteiger partial charge in [0.25, 0.3) is 5.69 Å². The molecule has 0 amide bonds. The van der Waals surface area contributed by atoms with E-state index in [0.717, 1.165) is 12.2 Å². The molecule has 0 radical (unpaired) electrons. The summed E-state index contributed by atoms with van der Waals surface area (Å²) >= 11 is 7.91. The molecule has 2 unspecified atom stereocenters. The van der Waals surface area contributed by atoms with Gasteiger partial charge in [-0.2, -0.15) is 11.8 Å². The van der Waals surface area contributed by atoms with Gasteiger partial charge in [-0.05, 0) is 30.7 Å². The molecule has 1 fully saturated rings. The number of nitrogens with zero attached hydrogens (tertiary/aromatic N) is 1. The monoisotopic (exact) mass is 314 g/mol. The normalized spacial score (nSPS) is 22.1. The minimum absolute atomic E-state index is 0.139. The van der Waals surface area contributed by atoms with E-state index in [9.17, 15) is 10.1 Å². The SMILES string of the molecule is CCSC1CCCC1NCc1cc(Cl)ccc1[N+](=O)[O-]. The summed E-state index contributed by atoms with van der Waals surface area (Å²) in [5.41, 5.74) is 0.800. The van der Waals surface area contributed by atoms with Crippen molar-refractivity contribution in [3.05, 3.63) is 38.9 Å². The average Bonchev–Trinajstić information content (AvgIpc) is 2.84. The number of nitro benzene ring substituents is 1. The maximum absolute atomic E-state index is 11.0. The van der Waals surface area contributed by atoms with Gasteiger partial charge in [0.1, 0.15) is 0 Å². The van der Waals surface area contributed by atoms with Crippen LogP contribution < -0.4 is 5.32 Å². The molecule has 6 heteroatoms. The number of hydrogen-bond acceptors (Lipinski definition) is 4. The number of nitro groups is 1. The fourth-order valence-corrected chi connectivity index (χ4v) is 4.11. The molecular formula is C14H19ClN2O2S. The molecule has 110 valence electrons. The van der Waals surface area contributed by atoms with Gasteiger partial charge in [-0.15, -0.1) is 0 Å².